The Labute approximate surface area is 107 Å². The summed E-state index contributed by atoms with van der Waals surface area (Å²) in [6, 6.07) is 8.03. The molecule has 0 aromatic carbocycles. The highest BCUT2D eigenvalue weighted by Crippen LogP contribution is 2.25. The zero-order valence-corrected chi connectivity index (χ0v) is 10.6. The molecule has 94 valence electrons. The summed E-state index contributed by atoms with van der Waals surface area (Å²) in [5.41, 5.74) is 2.08. The van der Waals surface area contributed by atoms with Crippen LogP contribution in [0.3, 0.4) is 0 Å². The molecule has 0 spiro atoms. The molecule has 4 nitrogen and oxygen atoms in total. The van der Waals surface area contributed by atoms with Gasteiger partial charge >= 0.3 is 0 Å². The van der Waals surface area contributed by atoms with E-state index in [1.165, 1.54) is 5.56 Å². The molecule has 0 aliphatic heterocycles. The van der Waals surface area contributed by atoms with E-state index in [9.17, 15) is 0 Å². The Kier molecular flexibility index (Phi) is 4.12. The van der Waals surface area contributed by atoms with Gasteiger partial charge in [0.2, 0.25) is 5.88 Å². The maximum atomic E-state index is 5.49. The minimum atomic E-state index is 0.177. The molecule has 1 unspecified atom stereocenters. The van der Waals surface area contributed by atoms with Crippen LogP contribution in [0.2, 0.25) is 0 Å². The van der Waals surface area contributed by atoms with Gasteiger partial charge in [-0.3, -0.25) is 4.98 Å². The molecule has 0 aliphatic rings. The fraction of sp³-hybridized carbons (Fsp3) is 0.286. The molecule has 0 amide bonds. The Bertz CT molecular complexity index is 487. The molecule has 18 heavy (non-hydrogen) atoms. The molecule has 0 aliphatic carbocycles. The smallest absolute Gasteiger partial charge is 0.237 e. The molecule has 1 N–H and O–H groups in total. The van der Waals surface area contributed by atoms with Crippen LogP contribution in [0.4, 0.5) is 5.69 Å². The van der Waals surface area contributed by atoms with Crippen LogP contribution < -0.4 is 10.1 Å². The summed E-state index contributed by atoms with van der Waals surface area (Å²) in [6.07, 6.45) is 5.31. The second kappa shape index (κ2) is 6.00. The van der Waals surface area contributed by atoms with Gasteiger partial charge in [0.1, 0.15) is 0 Å². The van der Waals surface area contributed by atoms with Gasteiger partial charge in [0.05, 0.1) is 12.3 Å². The highest BCUT2D eigenvalue weighted by Gasteiger charge is 2.09. The highest BCUT2D eigenvalue weighted by molar-refractivity contribution is 5.53. The van der Waals surface area contributed by atoms with Crippen molar-refractivity contribution < 1.29 is 4.74 Å². The minimum Gasteiger partial charge on any atom is -0.476 e. The van der Waals surface area contributed by atoms with Crippen LogP contribution in [-0.2, 0) is 0 Å². The van der Waals surface area contributed by atoms with Crippen molar-refractivity contribution in [1.29, 1.82) is 0 Å². The lowest BCUT2D eigenvalue weighted by atomic mass is 10.1. The van der Waals surface area contributed by atoms with Crippen LogP contribution in [0, 0.1) is 0 Å². The SMILES string of the molecule is CCOc1ncccc1NC(C)c1ccncc1. The van der Waals surface area contributed by atoms with Gasteiger partial charge in [-0.15, -0.1) is 0 Å². The number of aromatic nitrogens is 2. The third-order valence-corrected chi connectivity index (χ3v) is 2.63. The molecule has 0 fully saturated rings. The third kappa shape index (κ3) is 2.97. The maximum absolute atomic E-state index is 5.49. The average molecular weight is 243 g/mol. The number of hydrogen-bond donors (Lipinski definition) is 1. The molecule has 2 heterocycles. The number of anilines is 1. The molecule has 4 heteroatoms. The fourth-order valence-electron chi connectivity index (χ4n) is 1.72. The molecule has 0 saturated heterocycles. The summed E-state index contributed by atoms with van der Waals surface area (Å²) in [5.74, 6) is 0.640. The number of pyridine rings is 2. The van der Waals surface area contributed by atoms with E-state index in [1.54, 1.807) is 18.6 Å². The van der Waals surface area contributed by atoms with Gasteiger partial charge in [-0.2, -0.15) is 0 Å². The van der Waals surface area contributed by atoms with Crippen LogP contribution in [0.25, 0.3) is 0 Å². The summed E-state index contributed by atoms with van der Waals surface area (Å²) in [5, 5.41) is 3.40. The van der Waals surface area contributed by atoms with Gasteiger partial charge in [0, 0.05) is 24.6 Å². The van der Waals surface area contributed by atoms with Gasteiger partial charge in [-0.05, 0) is 43.7 Å². The number of rotatable bonds is 5. The second-order valence-corrected chi connectivity index (χ2v) is 3.94. The van der Waals surface area contributed by atoms with Crippen molar-refractivity contribution in [2.45, 2.75) is 19.9 Å². The van der Waals surface area contributed by atoms with Gasteiger partial charge in [-0.25, -0.2) is 4.98 Å². The monoisotopic (exact) mass is 243 g/mol. The summed E-state index contributed by atoms with van der Waals surface area (Å²) in [4.78, 5) is 8.24. The molecule has 0 bridgehead atoms. The molecule has 0 saturated carbocycles. The first-order valence-corrected chi connectivity index (χ1v) is 6.05. The Morgan fingerprint density at radius 3 is 2.72 bits per heavy atom. The van der Waals surface area contributed by atoms with Crippen LogP contribution >= 0.6 is 0 Å². The van der Waals surface area contributed by atoms with E-state index in [-0.39, 0.29) is 6.04 Å². The van der Waals surface area contributed by atoms with E-state index in [0.29, 0.717) is 12.5 Å². The second-order valence-electron chi connectivity index (χ2n) is 3.94. The maximum Gasteiger partial charge on any atom is 0.237 e. The molecule has 0 radical (unpaired) electrons. The van der Waals surface area contributed by atoms with E-state index in [0.717, 1.165) is 5.69 Å². The zero-order valence-electron chi connectivity index (χ0n) is 10.6. The predicted octanol–water partition coefficient (Wildman–Crippen LogP) is 3.05. The van der Waals surface area contributed by atoms with Gasteiger partial charge in [-0.1, -0.05) is 0 Å². The van der Waals surface area contributed by atoms with E-state index in [1.807, 2.05) is 31.2 Å². The fourth-order valence-corrected chi connectivity index (χ4v) is 1.72. The molecular weight excluding hydrogens is 226 g/mol. The van der Waals surface area contributed by atoms with Crippen LogP contribution in [0.1, 0.15) is 25.5 Å². The molecule has 2 rings (SSSR count). The van der Waals surface area contributed by atoms with E-state index in [2.05, 4.69) is 22.2 Å². The summed E-state index contributed by atoms with van der Waals surface area (Å²) < 4.78 is 5.49. The largest absolute Gasteiger partial charge is 0.476 e. The zero-order chi connectivity index (χ0) is 12.8. The summed E-state index contributed by atoms with van der Waals surface area (Å²) in [7, 11) is 0. The highest BCUT2D eigenvalue weighted by atomic mass is 16.5. The van der Waals surface area contributed by atoms with Crippen molar-refractivity contribution in [3.8, 4) is 5.88 Å². The summed E-state index contributed by atoms with van der Waals surface area (Å²) in [6.45, 7) is 4.65. The predicted molar refractivity (Wildman–Crippen MR) is 71.7 cm³/mol. The first-order valence-electron chi connectivity index (χ1n) is 6.05. The van der Waals surface area contributed by atoms with Crippen LogP contribution in [0.5, 0.6) is 5.88 Å². The van der Waals surface area contributed by atoms with Crippen molar-refractivity contribution in [3.05, 3.63) is 48.4 Å². The lowest BCUT2D eigenvalue weighted by Gasteiger charge is -2.17. The standard InChI is InChI=1S/C14H17N3O/c1-3-18-14-13(5-4-8-16-14)17-11(2)12-6-9-15-10-7-12/h4-11,17H,3H2,1-2H3. The number of hydrogen-bond acceptors (Lipinski definition) is 4. The van der Waals surface area contributed by atoms with E-state index in [4.69, 9.17) is 4.74 Å². The van der Waals surface area contributed by atoms with Gasteiger partial charge < -0.3 is 10.1 Å². The van der Waals surface area contributed by atoms with Crippen LogP contribution in [-0.4, -0.2) is 16.6 Å². The van der Waals surface area contributed by atoms with Crippen molar-refractivity contribution >= 4 is 5.69 Å². The van der Waals surface area contributed by atoms with Crippen molar-refractivity contribution in [2.24, 2.45) is 0 Å². The number of ether oxygens (including phenoxy) is 1. The topological polar surface area (TPSA) is 47.0 Å². The molecule has 1 atom stereocenters. The molecule has 2 aromatic heterocycles. The van der Waals surface area contributed by atoms with Crippen LogP contribution in [0.15, 0.2) is 42.9 Å². The number of nitrogens with one attached hydrogen (secondary N) is 1. The van der Waals surface area contributed by atoms with Gasteiger partial charge in [0.25, 0.3) is 0 Å². The Morgan fingerprint density at radius 2 is 2.00 bits per heavy atom. The van der Waals surface area contributed by atoms with E-state index >= 15 is 0 Å². The summed E-state index contributed by atoms with van der Waals surface area (Å²) >= 11 is 0. The van der Waals surface area contributed by atoms with Gasteiger partial charge in [0.15, 0.2) is 0 Å². The lowest BCUT2D eigenvalue weighted by molar-refractivity contribution is 0.328. The Morgan fingerprint density at radius 1 is 1.22 bits per heavy atom. The average Bonchev–Trinajstić information content (AvgIpc) is 2.42. The normalized spacial score (nSPS) is 11.9. The Hall–Kier alpha value is -2.10. The van der Waals surface area contributed by atoms with E-state index < -0.39 is 0 Å². The van der Waals surface area contributed by atoms with Crippen molar-refractivity contribution in [2.75, 3.05) is 11.9 Å². The lowest BCUT2D eigenvalue weighted by Crippen LogP contribution is -2.08. The first-order chi connectivity index (χ1) is 8.81. The molecule has 2 aromatic rings. The van der Waals surface area contributed by atoms with Crippen molar-refractivity contribution in [1.82, 2.24) is 9.97 Å². The first kappa shape index (κ1) is 12.4. The van der Waals surface area contributed by atoms with Crippen molar-refractivity contribution in [3.63, 3.8) is 0 Å². The minimum absolute atomic E-state index is 0.177. The number of nitrogens with zero attached hydrogens (tertiary/aromatic N) is 2. The quantitative estimate of drug-likeness (QED) is 0.876. The third-order valence-electron chi connectivity index (χ3n) is 2.63. The Balaban J connectivity index is 2.14. The molecular formula is C14H17N3O.